The molecule has 0 atom stereocenters. The van der Waals surface area contributed by atoms with Gasteiger partial charge in [0.1, 0.15) is 5.82 Å². The van der Waals surface area contributed by atoms with Crippen LogP contribution in [0.5, 0.6) is 0 Å². The summed E-state index contributed by atoms with van der Waals surface area (Å²) in [7, 11) is 1.79. The zero-order valence-corrected chi connectivity index (χ0v) is 9.27. The molecule has 0 spiro atoms. The first-order valence-corrected chi connectivity index (χ1v) is 5.03. The molecular weight excluding hydrogens is 202 g/mol. The van der Waals surface area contributed by atoms with Gasteiger partial charge in [-0.2, -0.15) is 5.10 Å². The maximum absolute atomic E-state index is 11.9. The maximum atomic E-state index is 11.9. The van der Waals surface area contributed by atoms with Crippen molar-refractivity contribution in [2.75, 3.05) is 5.32 Å². The summed E-state index contributed by atoms with van der Waals surface area (Å²) in [6.45, 7) is 1.91. The zero-order chi connectivity index (χ0) is 11.5. The maximum Gasteiger partial charge on any atom is 0.257 e. The van der Waals surface area contributed by atoms with E-state index in [0.29, 0.717) is 11.4 Å². The Hall–Kier alpha value is -2.10. The largest absolute Gasteiger partial charge is 0.307 e. The first-order chi connectivity index (χ1) is 7.68. The lowest BCUT2D eigenvalue weighted by Gasteiger charge is -2.07. The molecule has 2 rings (SSSR count). The second-order valence-electron chi connectivity index (χ2n) is 3.61. The third-order valence-corrected chi connectivity index (χ3v) is 2.45. The minimum atomic E-state index is -0.110. The standard InChI is InChI=1S/C12H13N3O/c1-9-5-3-4-6-10(9)12(16)14-11-7-8-13-15(11)2/h3-8H,1-2H3,(H,14,16). The summed E-state index contributed by atoms with van der Waals surface area (Å²) < 4.78 is 1.62. The summed E-state index contributed by atoms with van der Waals surface area (Å²) in [6, 6.07) is 9.25. The average Bonchev–Trinajstić information content (AvgIpc) is 2.65. The van der Waals surface area contributed by atoms with Gasteiger partial charge in [-0.05, 0) is 18.6 Å². The Bertz CT molecular complexity index is 516. The van der Waals surface area contributed by atoms with Crippen LogP contribution in [-0.2, 0) is 7.05 Å². The molecule has 0 radical (unpaired) electrons. The van der Waals surface area contributed by atoms with Gasteiger partial charge in [-0.3, -0.25) is 9.48 Å². The molecule has 4 heteroatoms. The van der Waals surface area contributed by atoms with Gasteiger partial charge in [0.15, 0.2) is 0 Å². The summed E-state index contributed by atoms with van der Waals surface area (Å²) in [5, 5.41) is 6.80. The van der Waals surface area contributed by atoms with Crippen LogP contribution in [0.1, 0.15) is 15.9 Å². The van der Waals surface area contributed by atoms with Crippen molar-refractivity contribution in [3.05, 3.63) is 47.7 Å². The van der Waals surface area contributed by atoms with Crippen molar-refractivity contribution in [3.8, 4) is 0 Å². The molecule has 0 saturated carbocycles. The highest BCUT2D eigenvalue weighted by Crippen LogP contribution is 2.10. The molecule has 0 fully saturated rings. The van der Waals surface area contributed by atoms with Crippen molar-refractivity contribution in [2.45, 2.75) is 6.92 Å². The van der Waals surface area contributed by atoms with E-state index in [2.05, 4.69) is 10.4 Å². The predicted octanol–water partition coefficient (Wildman–Crippen LogP) is 1.98. The molecule has 1 heterocycles. The number of nitrogens with zero attached hydrogens (tertiary/aromatic N) is 2. The van der Waals surface area contributed by atoms with Gasteiger partial charge in [0.2, 0.25) is 0 Å². The van der Waals surface area contributed by atoms with E-state index in [4.69, 9.17) is 0 Å². The van der Waals surface area contributed by atoms with Crippen LogP contribution < -0.4 is 5.32 Å². The second kappa shape index (κ2) is 4.18. The van der Waals surface area contributed by atoms with Crippen molar-refractivity contribution in [2.24, 2.45) is 7.05 Å². The van der Waals surface area contributed by atoms with Crippen LogP contribution in [-0.4, -0.2) is 15.7 Å². The summed E-state index contributed by atoms with van der Waals surface area (Å²) in [5.74, 6) is 0.579. The fraction of sp³-hybridized carbons (Fsp3) is 0.167. The van der Waals surface area contributed by atoms with Gasteiger partial charge < -0.3 is 5.32 Å². The number of carbonyl (C=O) groups excluding carboxylic acids is 1. The minimum absolute atomic E-state index is 0.110. The van der Waals surface area contributed by atoms with Crippen LogP contribution in [0.25, 0.3) is 0 Å². The lowest BCUT2D eigenvalue weighted by atomic mass is 10.1. The third-order valence-electron chi connectivity index (χ3n) is 2.45. The van der Waals surface area contributed by atoms with Gasteiger partial charge in [0.25, 0.3) is 5.91 Å². The molecular formula is C12H13N3O. The van der Waals surface area contributed by atoms with E-state index in [9.17, 15) is 4.79 Å². The van der Waals surface area contributed by atoms with E-state index >= 15 is 0 Å². The molecule has 0 unspecified atom stereocenters. The molecule has 1 N–H and O–H groups in total. The lowest BCUT2D eigenvalue weighted by molar-refractivity contribution is 0.102. The van der Waals surface area contributed by atoms with Crippen molar-refractivity contribution in [3.63, 3.8) is 0 Å². The van der Waals surface area contributed by atoms with Crippen LogP contribution >= 0.6 is 0 Å². The van der Waals surface area contributed by atoms with Gasteiger partial charge in [-0.25, -0.2) is 0 Å². The van der Waals surface area contributed by atoms with Gasteiger partial charge in [-0.1, -0.05) is 18.2 Å². The Labute approximate surface area is 93.9 Å². The molecule has 2 aromatic rings. The number of hydrogen-bond acceptors (Lipinski definition) is 2. The number of benzene rings is 1. The number of nitrogens with one attached hydrogen (secondary N) is 1. The van der Waals surface area contributed by atoms with E-state index in [1.54, 1.807) is 30.1 Å². The molecule has 0 aliphatic rings. The van der Waals surface area contributed by atoms with E-state index in [0.717, 1.165) is 5.56 Å². The molecule has 4 nitrogen and oxygen atoms in total. The topological polar surface area (TPSA) is 46.9 Å². The third kappa shape index (κ3) is 1.95. The van der Waals surface area contributed by atoms with Crippen LogP contribution in [0.2, 0.25) is 0 Å². The number of anilines is 1. The van der Waals surface area contributed by atoms with Crippen molar-refractivity contribution < 1.29 is 4.79 Å². The molecule has 82 valence electrons. The second-order valence-corrected chi connectivity index (χ2v) is 3.61. The number of aryl methyl sites for hydroxylation is 2. The Morgan fingerprint density at radius 3 is 2.69 bits per heavy atom. The molecule has 0 aliphatic carbocycles. The molecule has 1 aromatic heterocycles. The first kappa shape index (κ1) is 10.4. The molecule has 0 saturated heterocycles. The Morgan fingerprint density at radius 2 is 2.06 bits per heavy atom. The molecule has 1 aromatic carbocycles. The Morgan fingerprint density at radius 1 is 1.31 bits per heavy atom. The fourth-order valence-corrected chi connectivity index (χ4v) is 1.51. The molecule has 0 aliphatic heterocycles. The number of aromatic nitrogens is 2. The van der Waals surface area contributed by atoms with Gasteiger partial charge >= 0.3 is 0 Å². The van der Waals surface area contributed by atoms with Crippen LogP contribution in [0, 0.1) is 6.92 Å². The normalized spacial score (nSPS) is 10.1. The Balaban J connectivity index is 2.22. The first-order valence-electron chi connectivity index (χ1n) is 5.03. The highest BCUT2D eigenvalue weighted by atomic mass is 16.1. The van der Waals surface area contributed by atoms with Gasteiger partial charge in [0, 0.05) is 18.7 Å². The SMILES string of the molecule is Cc1ccccc1C(=O)Nc1ccnn1C. The highest BCUT2D eigenvalue weighted by molar-refractivity contribution is 6.04. The smallest absolute Gasteiger partial charge is 0.257 e. The van der Waals surface area contributed by atoms with Crippen LogP contribution in [0.3, 0.4) is 0 Å². The summed E-state index contributed by atoms with van der Waals surface area (Å²) in [4.78, 5) is 11.9. The number of hydrogen-bond donors (Lipinski definition) is 1. The van der Waals surface area contributed by atoms with E-state index < -0.39 is 0 Å². The van der Waals surface area contributed by atoms with Gasteiger partial charge in [0.05, 0.1) is 6.20 Å². The monoisotopic (exact) mass is 215 g/mol. The van der Waals surface area contributed by atoms with Crippen molar-refractivity contribution in [1.29, 1.82) is 0 Å². The zero-order valence-electron chi connectivity index (χ0n) is 9.27. The number of rotatable bonds is 2. The predicted molar refractivity (Wildman–Crippen MR) is 62.3 cm³/mol. The lowest BCUT2D eigenvalue weighted by Crippen LogP contribution is -2.15. The minimum Gasteiger partial charge on any atom is -0.307 e. The number of amides is 1. The molecule has 16 heavy (non-hydrogen) atoms. The Kier molecular flexibility index (Phi) is 2.72. The van der Waals surface area contributed by atoms with Gasteiger partial charge in [-0.15, -0.1) is 0 Å². The molecule has 1 amide bonds. The molecule has 0 bridgehead atoms. The summed E-state index contributed by atoms with van der Waals surface area (Å²) in [6.07, 6.45) is 1.65. The highest BCUT2D eigenvalue weighted by Gasteiger charge is 2.09. The van der Waals surface area contributed by atoms with Crippen LogP contribution in [0.4, 0.5) is 5.82 Å². The summed E-state index contributed by atoms with van der Waals surface area (Å²) in [5.41, 5.74) is 1.64. The van der Waals surface area contributed by atoms with Crippen LogP contribution in [0.15, 0.2) is 36.5 Å². The number of carbonyl (C=O) groups is 1. The fourth-order valence-electron chi connectivity index (χ4n) is 1.51. The summed E-state index contributed by atoms with van der Waals surface area (Å²) >= 11 is 0. The van der Waals surface area contributed by atoms with Crippen molar-refractivity contribution >= 4 is 11.7 Å². The van der Waals surface area contributed by atoms with Crippen molar-refractivity contribution in [1.82, 2.24) is 9.78 Å². The van der Waals surface area contributed by atoms with E-state index in [1.165, 1.54) is 0 Å². The quantitative estimate of drug-likeness (QED) is 0.832. The van der Waals surface area contributed by atoms with E-state index in [-0.39, 0.29) is 5.91 Å². The van der Waals surface area contributed by atoms with E-state index in [1.807, 2.05) is 25.1 Å². The average molecular weight is 215 g/mol.